The average molecular weight is 523 g/mol. The van der Waals surface area contributed by atoms with Crippen molar-refractivity contribution in [2.45, 2.75) is 70.3 Å². The second-order valence-corrected chi connectivity index (χ2v) is 12.4. The summed E-state index contributed by atoms with van der Waals surface area (Å²) in [6.45, 7) is 7.70. The van der Waals surface area contributed by atoms with E-state index in [-0.39, 0.29) is 30.3 Å². The molecule has 9 nitrogen and oxygen atoms in total. The van der Waals surface area contributed by atoms with Crippen molar-refractivity contribution in [2.75, 3.05) is 30.8 Å². The van der Waals surface area contributed by atoms with E-state index in [4.69, 9.17) is 9.47 Å². The highest BCUT2D eigenvalue weighted by Crippen LogP contribution is 2.37. The molecule has 1 aliphatic heterocycles. The second-order valence-electron chi connectivity index (χ2n) is 10.2. The normalized spacial score (nSPS) is 21.2. The van der Waals surface area contributed by atoms with Gasteiger partial charge < -0.3 is 19.3 Å². The number of hydrogen-bond acceptors (Lipinski definition) is 8. The van der Waals surface area contributed by atoms with Crippen LogP contribution in [0.4, 0.5) is 15.0 Å². The molecule has 2 aliphatic carbocycles. The summed E-state index contributed by atoms with van der Waals surface area (Å²) in [4.78, 5) is 25.0. The first-order chi connectivity index (χ1) is 17.0. The van der Waals surface area contributed by atoms with Gasteiger partial charge in [0.1, 0.15) is 12.1 Å². The smallest absolute Gasteiger partial charge is 0.410 e. The lowest BCUT2D eigenvalue weighted by Gasteiger charge is -2.35. The third-order valence-electron chi connectivity index (χ3n) is 6.79. The van der Waals surface area contributed by atoms with Crippen LogP contribution in [0.5, 0.6) is 5.88 Å². The number of carbonyl (C=O) groups is 1. The van der Waals surface area contributed by atoms with Crippen molar-refractivity contribution in [3.8, 4) is 5.88 Å². The Labute approximate surface area is 212 Å². The summed E-state index contributed by atoms with van der Waals surface area (Å²) in [6, 6.07) is 0.386. The summed E-state index contributed by atoms with van der Waals surface area (Å²) in [5, 5.41) is -0.893. The molecule has 1 amide bonds. The lowest BCUT2D eigenvalue weighted by molar-refractivity contribution is 0.0657. The van der Waals surface area contributed by atoms with E-state index in [1.54, 1.807) is 4.90 Å². The number of hydrogen-bond donors (Lipinski definition) is 0. The number of sulfone groups is 1. The Kier molecular flexibility index (Phi) is 7.87. The second kappa shape index (κ2) is 10.7. The molecule has 1 saturated carbocycles. The number of ether oxygens (including phenoxy) is 2. The number of likely N-dealkylation sites (tertiary alicyclic amines) is 1. The number of carbonyl (C=O) groups excluding carboxylic acids is 1. The molecule has 0 spiro atoms. The van der Waals surface area contributed by atoms with Gasteiger partial charge in [-0.05, 0) is 70.9 Å². The highest BCUT2D eigenvalue weighted by atomic mass is 32.2. The fraction of sp³-hybridized carbons (Fsp3) is 0.640. The number of anilines is 1. The number of rotatable bonds is 8. The van der Waals surface area contributed by atoms with E-state index in [1.165, 1.54) is 12.4 Å². The predicted octanol–water partition coefficient (Wildman–Crippen LogP) is 3.94. The van der Waals surface area contributed by atoms with E-state index >= 15 is 0 Å². The zero-order valence-electron chi connectivity index (χ0n) is 21.3. The number of nitrogens with zero attached hydrogens (tertiary/aromatic N) is 4. The van der Waals surface area contributed by atoms with Crippen molar-refractivity contribution in [3.63, 3.8) is 0 Å². The molecule has 36 heavy (non-hydrogen) atoms. The van der Waals surface area contributed by atoms with E-state index in [0.29, 0.717) is 30.6 Å². The van der Waals surface area contributed by atoms with Crippen molar-refractivity contribution in [2.24, 2.45) is 5.92 Å². The minimum atomic E-state index is -3.39. The molecule has 0 bridgehead atoms. The van der Waals surface area contributed by atoms with Crippen molar-refractivity contribution in [3.05, 3.63) is 35.6 Å². The maximum atomic E-state index is 14.6. The molecule has 3 aliphatic rings. The fourth-order valence-corrected chi connectivity index (χ4v) is 5.40. The highest BCUT2D eigenvalue weighted by Gasteiger charge is 2.35. The van der Waals surface area contributed by atoms with Gasteiger partial charge in [-0.15, -0.1) is 0 Å². The molecule has 1 aromatic heterocycles. The average Bonchev–Trinajstić information content (AvgIpc) is 3.65. The Morgan fingerprint density at radius 1 is 1.22 bits per heavy atom. The van der Waals surface area contributed by atoms with Crippen LogP contribution in [-0.2, 0) is 14.6 Å². The summed E-state index contributed by atoms with van der Waals surface area (Å²) in [7, 11) is -3.39. The monoisotopic (exact) mass is 522 g/mol. The zero-order chi connectivity index (χ0) is 26.0. The molecule has 1 saturated heterocycles. The Bertz CT molecular complexity index is 1140. The molecule has 1 aromatic rings. The first-order valence-corrected chi connectivity index (χ1v) is 14.5. The largest absolute Gasteiger partial charge is 0.447 e. The van der Waals surface area contributed by atoms with Crippen LogP contribution >= 0.6 is 0 Å². The molecule has 0 aromatic carbocycles. The summed E-state index contributed by atoms with van der Waals surface area (Å²) in [6.07, 6.45) is 8.74. The minimum absolute atomic E-state index is 0.0266. The van der Waals surface area contributed by atoms with E-state index in [9.17, 15) is 17.6 Å². The summed E-state index contributed by atoms with van der Waals surface area (Å²) < 4.78 is 49.3. The third-order valence-corrected chi connectivity index (χ3v) is 8.22. The quantitative estimate of drug-likeness (QED) is 0.506. The molecule has 0 radical (unpaired) electrons. The lowest BCUT2D eigenvalue weighted by atomic mass is 9.96. The number of allylic oxidation sites excluding steroid dienone is 2. The lowest BCUT2D eigenvalue weighted by Crippen LogP contribution is -2.43. The molecular formula is C25H35FN4O5S. The Morgan fingerprint density at radius 3 is 2.50 bits per heavy atom. The molecule has 198 valence electrons. The van der Waals surface area contributed by atoms with Crippen LogP contribution in [0.15, 0.2) is 30.1 Å². The van der Waals surface area contributed by atoms with E-state index < -0.39 is 20.9 Å². The van der Waals surface area contributed by atoms with Crippen molar-refractivity contribution >= 4 is 21.7 Å². The number of piperidine rings is 1. The van der Waals surface area contributed by atoms with Crippen molar-refractivity contribution in [1.82, 2.24) is 14.9 Å². The third kappa shape index (κ3) is 6.35. The van der Waals surface area contributed by atoms with Crippen LogP contribution in [0.2, 0.25) is 0 Å². The molecular weight excluding hydrogens is 487 g/mol. The Balaban J connectivity index is 1.43. The molecule has 1 atom stereocenters. The van der Waals surface area contributed by atoms with Gasteiger partial charge in [0.25, 0.3) is 0 Å². The maximum absolute atomic E-state index is 14.6. The Hall–Kier alpha value is -2.69. The summed E-state index contributed by atoms with van der Waals surface area (Å²) in [5.74, 6) is 0.685. The molecule has 11 heteroatoms. The Morgan fingerprint density at radius 2 is 1.92 bits per heavy atom. The van der Waals surface area contributed by atoms with Crippen LogP contribution < -0.4 is 9.64 Å². The van der Waals surface area contributed by atoms with Gasteiger partial charge in [0, 0.05) is 31.9 Å². The molecule has 2 fully saturated rings. The number of aromatic nitrogens is 2. The van der Waals surface area contributed by atoms with Crippen LogP contribution in [-0.4, -0.2) is 72.7 Å². The first kappa shape index (κ1) is 26.4. The maximum Gasteiger partial charge on any atom is 0.410 e. The first-order valence-electron chi connectivity index (χ1n) is 12.5. The topological polar surface area (TPSA) is 102 Å². The number of amides is 1. The van der Waals surface area contributed by atoms with Gasteiger partial charge in [0.2, 0.25) is 5.88 Å². The van der Waals surface area contributed by atoms with E-state index in [0.717, 1.165) is 50.4 Å². The standard InChI is InChI=1S/C25H35FN4O5S/c1-16(2)34-25(31)29-11-9-18(10-12-29)14-30(19-5-6-19)23-17(3)24(28-15-27-23)35-22-8-7-20(13-21(22)26)36(4,32)33/h8,13,15-16,18-20H,5-7,9-12,14H2,1-4H3. The van der Waals surface area contributed by atoms with E-state index in [1.807, 2.05) is 20.8 Å². The molecule has 4 rings (SSSR count). The van der Waals surface area contributed by atoms with Crippen LogP contribution in [0.3, 0.4) is 0 Å². The predicted molar refractivity (Wildman–Crippen MR) is 134 cm³/mol. The van der Waals surface area contributed by atoms with Gasteiger partial charge in [0.05, 0.1) is 16.9 Å². The summed E-state index contributed by atoms with van der Waals surface area (Å²) in [5.41, 5.74) is 0.710. The number of halogens is 1. The molecule has 1 unspecified atom stereocenters. The van der Waals surface area contributed by atoms with Gasteiger partial charge in [0.15, 0.2) is 21.4 Å². The molecule has 2 heterocycles. The van der Waals surface area contributed by atoms with Gasteiger partial charge in [-0.2, -0.15) is 0 Å². The molecule has 0 N–H and O–H groups in total. The van der Waals surface area contributed by atoms with Gasteiger partial charge in [-0.25, -0.2) is 27.6 Å². The van der Waals surface area contributed by atoms with Crippen LogP contribution in [0.25, 0.3) is 0 Å². The van der Waals surface area contributed by atoms with E-state index in [2.05, 4.69) is 14.9 Å². The van der Waals surface area contributed by atoms with Crippen LogP contribution in [0.1, 0.15) is 51.5 Å². The van der Waals surface area contributed by atoms with Gasteiger partial charge in [-0.3, -0.25) is 0 Å². The SMILES string of the molecule is Cc1c(OC2=CCC(S(C)(=O)=O)C=C2F)ncnc1N(CC1CCN(C(=O)OC(C)C)CC1)C1CC1. The van der Waals surface area contributed by atoms with Crippen LogP contribution in [0, 0.1) is 12.8 Å². The van der Waals surface area contributed by atoms with Gasteiger partial charge in [-0.1, -0.05) is 0 Å². The van der Waals surface area contributed by atoms with Gasteiger partial charge >= 0.3 is 6.09 Å². The summed E-state index contributed by atoms with van der Waals surface area (Å²) >= 11 is 0. The fourth-order valence-electron chi connectivity index (χ4n) is 4.59. The minimum Gasteiger partial charge on any atom is -0.447 e. The van der Waals surface area contributed by atoms with Crippen molar-refractivity contribution in [1.29, 1.82) is 0 Å². The highest BCUT2D eigenvalue weighted by molar-refractivity contribution is 7.91. The zero-order valence-corrected chi connectivity index (χ0v) is 22.1. The van der Waals surface area contributed by atoms with Crippen molar-refractivity contribution < 1.29 is 27.1 Å².